The molecule has 0 radical (unpaired) electrons. The molecule has 7 heteroatoms. The number of benzene rings is 2. The fourth-order valence-electron chi connectivity index (χ4n) is 2.45. The Kier molecular flexibility index (Phi) is 5.03. The van der Waals surface area contributed by atoms with Crippen LogP contribution in [0.2, 0.25) is 0 Å². The molecule has 2 aromatic carbocycles. The largest absolute Gasteiger partial charge is 0.496 e. The van der Waals surface area contributed by atoms with E-state index in [9.17, 15) is 9.59 Å². The molecule has 0 unspecified atom stereocenters. The van der Waals surface area contributed by atoms with Crippen LogP contribution in [0.3, 0.4) is 0 Å². The summed E-state index contributed by atoms with van der Waals surface area (Å²) in [5, 5.41) is 0. The maximum absolute atomic E-state index is 12.2. The van der Waals surface area contributed by atoms with E-state index in [1.807, 2.05) is 12.1 Å². The van der Waals surface area contributed by atoms with E-state index < -0.39 is 5.91 Å². The minimum Gasteiger partial charge on any atom is -0.496 e. The lowest BCUT2D eigenvalue weighted by Crippen LogP contribution is -2.42. The summed E-state index contributed by atoms with van der Waals surface area (Å²) in [5.41, 5.74) is 5.88. The van der Waals surface area contributed by atoms with Crippen molar-refractivity contribution in [1.29, 1.82) is 0 Å². The molecule has 1 aliphatic rings. The molecule has 130 valence electrons. The average molecular weight is 342 g/mol. The molecular formula is C18H18N2O5. The summed E-state index contributed by atoms with van der Waals surface area (Å²) in [6, 6.07) is 12.1. The highest BCUT2D eigenvalue weighted by atomic mass is 16.6. The number of carbonyl (C=O) groups excluding carboxylic acids is 2. The van der Waals surface area contributed by atoms with Crippen LogP contribution in [-0.2, 0) is 11.2 Å². The second-order valence-corrected chi connectivity index (χ2v) is 5.35. The van der Waals surface area contributed by atoms with Crippen LogP contribution in [-0.4, -0.2) is 32.1 Å². The summed E-state index contributed by atoms with van der Waals surface area (Å²) in [6.45, 7) is 0.922. The third-order valence-corrected chi connectivity index (χ3v) is 3.66. The maximum atomic E-state index is 12.2. The van der Waals surface area contributed by atoms with E-state index in [1.165, 1.54) is 0 Å². The smallest absolute Gasteiger partial charge is 0.269 e. The van der Waals surface area contributed by atoms with E-state index in [0.29, 0.717) is 36.0 Å². The van der Waals surface area contributed by atoms with Crippen LogP contribution in [0.5, 0.6) is 17.2 Å². The molecule has 0 bridgehead atoms. The average Bonchev–Trinajstić information content (AvgIpc) is 2.66. The van der Waals surface area contributed by atoms with Gasteiger partial charge in [-0.1, -0.05) is 18.2 Å². The van der Waals surface area contributed by atoms with E-state index in [-0.39, 0.29) is 12.3 Å². The van der Waals surface area contributed by atoms with Crippen molar-refractivity contribution in [2.45, 2.75) is 6.42 Å². The minimum atomic E-state index is -0.439. The van der Waals surface area contributed by atoms with Crippen LogP contribution in [0, 0.1) is 0 Å². The second-order valence-electron chi connectivity index (χ2n) is 5.35. The molecular weight excluding hydrogens is 324 g/mol. The Morgan fingerprint density at radius 2 is 1.80 bits per heavy atom. The van der Waals surface area contributed by atoms with Crippen molar-refractivity contribution in [3.05, 3.63) is 53.6 Å². The fourth-order valence-corrected chi connectivity index (χ4v) is 2.45. The molecule has 25 heavy (non-hydrogen) atoms. The number of hydrogen-bond donors (Lipinski definition) is 2. The molecule has 0 saturated carbocycles. The van der Waals surface area contributed by atoms with E-state index >= 15 is 0 Å². The van der Waals surface area contributed by atoms with Crippen molar-refractivity contribution in [3.63, 3.8) is 0 Å². The van der Waals surface area contributed by atoms with Gasteiger partial charge in [-0.15, -0.1) is 0 Å². The molecule has 0 fully saturated rings. The number of hydrazine groups is 1. The molecule has 1 heterocycles. The number of rotatable bonds is 4. The van der Waals surface area contributed by atoms with Gasteiger partial charge in [0.2, 0.25) is 5.91 Å². The molecule has 1 aliphatic heterocycles. The summed E-state index contributed by atoms with van der Waals surface area (Å²) in [7, 11) is 1.54. The lowest BCUT2D eigenvalue weighted by atomic mass is 10.1. The number of ether oxygens (including phenoxy) is 3. The number of nitrogens with one attached hydrogen (secondary N) is 2. The first-order chi connectivity index (χ1) is 12.2. The number of fused-ring (bicyclic) bond motifs is 1. The van der Waals surface area contributed by atoms with Gasteiger partial charge < -0.3 is 14.2 Å². The predicted molar refractivity (Wildman–Crippen MR) is 89.7 cm³/mol. The molecule has 0 saturated heterocycles. The second kappa shape index (κ2) is 7.57. The number of methoxy groups -OCH3 is 1. The topological polar surface area (TPSA) is 85.9 Å². The van der Waals surface area contributed by atoms with Crippen LogP contribution in [0.4, 0.5) is 0 Å². The van der Waals surface area contributed by atoms with Crippen LogP contribution in [0.1, 0.15) is 15.9 Å². The zero-order chi connectivity index (χ0) is 17.6. The van der Waals surface area contributed by atoms with Crippen molar-refractivity contribution in [1.82, 2.24) is 10.9 Å². The molecule has 2 amide bonds. The van der Waals surface area contributed by atoms with E-state index in [2.05, 4.69) is 10.9 Å². The highest BCUT2D eigenvalue weighted by Gasteiger charge is 2.15. The van der Waals surface area contributed by atoms with Crippen LogP contribution in [0.25, 0.3) is 0 Å². The Hall–Kier alpha value is -3.22. The van der Waals surface area contributed by atoms with Crippen molar-refractivity contribution in [3.8, 4) is 17.2 Å². The third kappa shape index (κ3) is 4.00. The SMILES string of the molecule is COc1ccccc1CC(=O)NNC(=O)c1ccc2c(c1)OCCO2. The first kappa shape index (κ1) is 16.6. The minimum absolute atomic E-state index is 0.0887. The zero-order valence-corrected chi connectivity index (χ0v) is 13.7. The van der Waals surface area contributed by atoms with Gasteiger partial charge in [-0.3, -0.25) is 20.4 Å². The number of hydrogen-bond acceptors (Lipinski definition) is 5. The van der Waals surface area contributed by atoms with Crippen molar-refractivity contribution >= 4 is 11.8 Å². The number of amides is 2. The summed E-state index contributed by atoms with van der Waals surface area (Å²) in [5.74, 6) is 0.943. The lowest BCUT2D eigenvalue weighted by molar-refractivity contribution is -0.121. The highest BCUT2D eigenvalue weighted by molar-refractivity contribution is 5.96. The van der Waals surface area contributed by atoms with Crippen molar-refractivity contribution in [2.75, 3.05) is 20.3 Å². The monoisotopic (exact) mass is 342 g/mol. The van der Waals surface area contributed by atoms with Gasteiger partial charge in [0.25, 0.3) is 5.91 Å². The van der Waals surface area contributed by atoms with Crippen LogP contribution >= 0.6 is 0 Å². The van der Waals surface area contributed by atoms with Gasteiger partial charge in [0, 0.05) is 11.1 Å². The first-order valence-electron chi connectivity index (χ1n) is 7.78. The van der Waals surface area contributed by atoms with Gasteiger partial charge in [-0.2, -0.15) is 0 Å². The number of para-hydroxylation sites is 1. The molecule has 0 aliphatic carbocycles. The lowest BCUT2D eigenvalue weighted by Gasteiger charge is -2.18. The summed E-state index contributed by atoms with van der Waals surface area (Å²) < 4.78 is 16.0. The van der Waals surface area contributed by atoms with E-state index in [4.69, 9.17) is 14.2 Å². The molecule has 7 nitrogen and oxygen atoms in total. The summed E-state index contributed by atoms with van der Waals surface area (Å²) >= 11 is 0. The molecule has 0 spiro atoms. The van der Waals surface area contributed by atoms with Gasteiger partial charge in [-0.05, 0) is 24.3 Å². The quantitative estimate of drug-likeness (QED) is 0.822. The van der Waals surface area contributed by atoms with Crippen LogP contribution < -0.4 is 25.1 Å². The summed E-state index contributed by atoms with van der Waals surface area (Å²) in [4.78, 5) is 24.2. The van der Waals surface area contributed by atoms with Gasteiger partial charge >= 0.3 is 0 Å². The zero-order valence-electron chi connectivity index (χ0n) is 13.7. The molecule has 2 N–H and O–H groups in total. The van der Waals surface area contributed by atoms with Gasteiger partial charge in [0.1, 0.15) is 19.0 Å². The standard InChI is InChI=1S/C18H18N2O5/c1-23-14-5-3-2-4-12(14)11-17(21)19-20-18(22)13-6-7-15-16(10-13)25-9-8-24-15/h2-7,10H,8-9,11H2,1H3,(H,19,21)(H,20,22). The van der Waals surface area contributed by atoms with Gasteiger partial charge in [-0.25, -0.2) is 0 Å². The maximum Gasteiger partial charge on any atom is 0.269 e. The van der Waals surface area contributed by atoms with Crippen molar-refractivity contribution in [2.24, 2.45) is 0 Å². The normalized spacial score (nSPS) is 12.2. The Morgan fingerprint density at radius 1 is 1.04 bits per heavy atom. The van der Waals surface area contributed by atoms with E-state index in [0.717, 1.165) is 5.56 Å². The predicted octanol–water partition coefficient (Wildman–Crippen LogP) is 1.47. The summed E-state index contributed by atoms with van der Waals surface area (Å²) in [6.07, 6.45) is 0.0887. The highest BCUT2D eigenvalue weighted by Crippen LogP contribution is 2.30. The van der Waals surface area contributed by atoms with Crippen LogP contribution in [0.15, 0.2) is 42.5 Å². The van der Waals surface area contributed by atoms with E-state index in [1.54, 1.807) is 37.4 Å². The Morgan fingerprint density at radius 3 is 2.60 bits per heavy atom. The first-order valence-corrected chi connectivity index (χ1v) is 7.78. The Bertz CT molecular complexity index is 791. The molecule has 0 aromatic heterocycles. The van der Waals surface area contributed by atoms with Crippen molar-refractivity contribution < 1.29 is 23.8 Å². The van der Waals surface area contributed by atoms with Gasteiger partial charge in [0.05, 0.1) is 13.5 Å². The Balaban J connectivity index is 1.57. The third-order valence-electron chi connectivity index (χ3n) is 3.66. The fraction of sp³-hybridized carbons (Fsp3) is 0.222. The Labute approximate surface area is 144 Å². The van der Waals surface area contributed by atoms with Gasteiger partial charge in [0.15, 0.2) is 11.5 Å². The molecule has 2 aromatic rings. The molecule has 0 atom stereocenters. The molecule has 3 rings (SSSR count). The number of carbonyl (C=O) groups is 2.